The second-order valence-electron chi connectivity index (χ2n) is 6.13. The quantitative estimate of drug-likeness (QED) is 0.810. The first-order valence-electron chi connectivity index (χ1n) is 7.35. The predicted octanol–water partition coefficient (Wildman–Crippen LogP) is 1.66. The van der Waals surface area contributed by atoms with E-state index in [0.29, 0.717) is 17.3 Å². The van der Waals surface area contributed by atoms with E-state index in [1.807, 2.05) is 0 Å². The van der Waals surface area contributed by atoms with Crippen molar-refractivity contribution in [1.82, 2.24) is 15.2 Å². The van der Waals surface area contributed by atoms with E-state index in [1.54, 1.807) is 18.3 Å². The van der Waals surface area contributed by atoms with Crippen molar-refractivity contribution in [3.05, 3.63) is 23.9 Å². The topological polar surface area (TPSA) is 88.3 Å². The number of aromatic nitrogens is 1. The molecule has 1 aliphatic carbocycles. The van der Waals surface area contributed by atoms with E-state index < -0.39 is 5.54 Å². The van der Waals surface area contributed by atoms with Gasteiger partial charge in [0, 0.05) is 11.8 Å². The third kappa shape index (κ3) is 2.34. The van der Waals surface area contributed by atoms with Crippen molar-refractivity contribution >= 4 is 17.8 Å². The summed E-state index contributed by atoms with van der Waals surface area (Å²) in [5, 5.41) is 2.91. The molecule has 0 aromatic carbocycles. The molecule has 3 rings (SSSR count). The minimum Gasteiger partial charge on any atom is -0.383 e. The minimum absolute atomic E-state index is 0.123. The van der Waals surface area contributed by atoms with Gasteiger partial charge in [0.25, 0.3) is 5.91 Å². The molecule has 1 saturated carbocycles. The molecule has 2 fully saturated rings. The number of urea groups is 1. The molecule has 1 aliphatic heterocycles. The van der Waals surface area contributed by atoms with Crippen LogP contribution in [0, 0.1) is 5.92 Å². The summed E-state index contributed by atoms with van der Waals surface area (Å²) in [5.41, 5.74) is 5.80. The molecule has 0 atom stereocenters. The van der Waals surface area contributed by atoms with Gasteiger partial charge in [-0.15, -0.1) is 0 Å². The molecule has 0 radical (unpaired) electrons. The highest BCUT2D eigenvalue weighted by atomic mass is 16.2. The molecular formula is C15H20N4O2. The zero-order valence-electron chi connectivity index (χ0n) is 12.1. The van der Waals surface area contributed by atoms with E-state index >= 15 is 0 Å². The molecular weight excluding hydrogens is 268 g/mol. The first-order chi connectivity index (χ1) is 10.0. The molecule has 112 valence electrons. The van der Waals surface area contributed by atoms with Gasteiger partial charge in [0.2, 0.25) is 0 Å². The maximum atomic E-state index is 12.7. The molecule has 0 unspecified atom stereocenters. The first kappa shape index (κ1) is 13.9. The fraction of sp³-hybridized carbons (Fsp3) is 0.533. The molecule has 3 amide bonds. The summed E-state index contributed by atoms with van der Waals surface area (Å²) in [7, 11) is 0. The Morgan fingerprint density at radius 1 is 1.43 bits per heavy atom. The normalized spacial score (nSPS) is 29.0. The van der Waals surface area contributed by atoms with Crippen molar-refractivity contribution in [3.8, 4) is 0 Å². The fourth-order valence-electron chi connectivity index (χ4n) is 3.17. The van der Waals surface area contributed by atoms with Gasteiger partial charge >= 0.3 is 6.03 Å². The summed E-state index contributed by atoms with van der Waals surface area (Å²) in [5.74, 6) is 0.849. The van der Waals surface area contributed by atoms with Crippen LogP contribution >= 0.6 is 0 Å². The molecule has 3 N–H and O–H groups in total. The van der Waals surface area contributed by atoms with E-state index in [-0.39, 0.29) is 18.5 Å². The van der Waals surface area contributed by atoms with Crippen LogP contribution in [-0.4, -0.2) is 27.4 Å². The van der Waals surface area contributed by atoms with Crippen LogP contribution in [0.4, 0.5) is 10.6 Å². The van der Waals surface area contributed by atoms with Crippen LogP contribution in [-0.2, 0) is 11.3 Å². The third-order valence-corrected chi connectivity index (χ3v) is 4.63. The Balaban J connectivity index is 1.80. The number of rotatable bonds is 2. The molecule has 0 bridgehead atoms. The number of nitrogen functional groups attached to an aromatic ring is 1. The van der Waals surface area contributed by atoms with Gasteiger partial charge in [-0.1, -0.05) is 13.0 Å². The predicted molar refractivity (Wildman–Crippen MR) is 78.1 cm³/mol. The van der Waals surface area contributed by atoms with Crippen molar-refractivity contribution in [3.63, 3.8) is 0 Å². The van der Waals surface area contributed by atoms with E-state index in [2.05, 4.69) is 17.2 Å². The summed E-state index contributed by atoms with van der Waals surface area (Å²) < 4.78 is 0. The Kier molecular flexibility index (Phi) is 3.31. The largest absolute Gasteiger partial charge is 0.383 e. The van der Waals surface area contributed by atoms with Crippen LogP contribution in [0.25, 0.3) is 0 Å². The van der Waals surface area contributed by atoms with Crippen molar-refractivity contribution < 1.29 is 9.59 Å². The molecule has 1 spiro atoms. The number of nitrogens with one attached hydrogen (secondary N) is 1. The monoisotopic (exact) mass is 288 g/mol. The zero-order chi connectivity index (χ0) is 15.0. The van der Waals surface area contributed by atoms with Crippen molar-refractivity contribution in [2.45, 2.75) is 44.7 Å². The lowest BCUT2D eigenvalue weighted by molar-refractivity contribution is -0.133. The van der Waals surface area contributed by atoms with Gasteiger partial charge in [-0.05, 0) is 37.7 Å². The van der Waals surface area contributed by atoms with Crippen LogP contribution in [0.5, 0.6) is 0 Å². The maximum Gasteiger partial charge on any atom is 0.325 e. The van der Waals surface area contributed by atoms with Crippen LogP contribution in [0.3, 0.4) is 0 Å². The van der Waals surface area contributed by atoms with E-state index in [4.69, 9.17) is 5.73 Å². The molecule has 6 heteroatoms. The molecule has 21 heavy (non-hydrogen) atoms. The van der Waals surface area contributed by atoms with Crippen LogP contribution in [0.1, 0.15) is 38.2 Å². The van der Waals surface area contributed by atoms with E-state index in [0.717, 1.165) is 25.7 Å². The van der Waals surface area contributed by atoms with E-state index in [1.165, 1.54) is 4.90 Å². The molecule has 1 aromatic heterocycles. The number of pyridine rings is 1. The number of hydrogen-bond acceptors (Lipinski definition) is 4. The zero-order valence-corrected chi connectivity index (χ0v) is 12.1. The van der Waals surface area contributed by atoms with Gasteiger partial charge in [-0.25, -0.2) is 9.78 Å². The smallest absolute Gasteiger partial charge is 0.325 e. The number of carbonyl (C=O) groups excluding carboxylic acids is 2. The average Bonchev–Trinajstić information content (AvgIpc) is 2.69. The third-order valence-electron chi connectivity index (χ3n) is 4.63. The van der Waals surface area contributed by atoms with Gasteiger partial charge in [-0.3, -0.25) is 9.69 Å². The number of nitrogens with zero attached hydrogens (tertiary/aromatic N) is 2. The first-order valence-corrected chi connectivity index (χ1v) is 7.35. The second kappa shape index (κ2) is 5.02. The molecule has 2 aliphatic rings. The van der Waals surface area contributed by atoms with E-state index in [9.17, 15) is 9.59 Å². The fourth-order valence-corrected chi connectivity index (χ4v) is 3.17. The van der Waals surface area contributed by atoms with Gasteiger partial charge in [0.05, 0.1) is 6.54 Å². The summed E-state index contributed by atoms with van der Waals surface area (Å²) in [6.45, 7) is 2.36. The highest BCUT2D eigenvalue weighted by Crippen LogP contribution is 2.36. The minimum atomic E-state index is -0.694. The molecule has 1 aromatic rings. The van der Waals surface area contributed by atoms with Gasteiger partial charge in [-0.2, -0.15) is 0 Å². The molecule has 2 heterocycles. The standard InChI is InChI=1S/C15H20N4O2/c1-10-4-6-15(7-5-10)13(20)19(14(21)18-15)9-11-3-2-8-17-12(11)16/h2-3,8,10H,4-7,9H2,1H3,(H2,16,17)(H,18,21). The number of anilines is 1. The molecule has 1 saturated heterocycles. The lowest BCUT2D eigenvalue weighted by Crippen LogP contribution is -2.49. The van der Waals surface area contributed by atoms with Crippen LogP contribution in [0.2, 0.25) is 0 Å². The van der Waals surface area contributed by atoms with Crippen molar-refractivity contribution in [1.29, 1.82) is 0 Å². The summed E-state index contributed by atoms with van der Waals surface area (Å²) in [6.07, 6.45) is 4.97. The van der Waals surface area contributed by atoms with Gasteiger partial charge < -0.3 is 11.1 Å². The van der Waals surface area contributed by atoms with Crippen molar-refractivity contribution in [2.24, 2.45) is 5.92 Å². The lowest BCUT2D eigenvalue weighted by atomic mass is 9.77. The Morgan fingerprint density at radius 2 is 2.14 bits per heavy atom. The maximum absolute atomic E-state index is 12.7. The second-order valence-corrected chi connectivity index (χ2v) is 6.13. The number of imide groups is 1. The Labute approximate surface area is 123 Å². The number of amides is 3. The number of nitrogens with two attached hydrogens (primary N) is 1. The lowest BCUT2D eigenvalue weighted by Gasteiger charge is -2.33. The molecule has 6 nitrogen and oxygen atoms in total. The SMILES string of the molecule is CC1CCC2(CC1)NC(=O)N(Cc1cccnc1N)C2=O. The number of carbonyl (C=O) groups is 2. The average molecular weight is 288 g/mol. The van der Waals surface area contributed by atoms with Crippen LogP contribution in [0.15, 0.2) is 18.3 Å². The highest BCUT2D eigenvalue weighted by molar-refractivity contribution is 6.07. The number of hydrogen-bond donors (Lipinski definition) is 2. The Morgan fingerprint density at radius 3 is 2.81 bits per heavy atom. The summed E-state index contributed by atoms with van der Waals surface area (Å²) in [6, 6.07) is 3.22. The summed E-state index contributed by atoms with van der Waals surface area (Å²) >= 11 is 0. The van der Waals surface area contributed by atoms with Gasteiger partial charge in [0.15, 0.2) is 0 Å². The van der Waals surface area contributed by atoms with Crippen molar-refractivity contribution in [2.75, 3.05) is 5.73 Å². The summed E-state index contributed by atoms with van der Waals surface area (Å²) in [4.78, 5) is 30.1. The van der Waals surface area contributed by atoms with Crippen LogP contribution < -0.4 is 11.1 Å². The highest BCUT2D eigenvalue weighted by Gasteiger charge is 2.51. The van der Waals surface area contributed by atoms with Gasteiger partial charge in [0.1, 0.15) is 11.4 Å². The Bertz CT molecular complexity index is 579. The Hall–Kier alpha value is -2.11.